The SMILES string of the molecule is CC(C)CC(CNC(=O)c1cccn2nc(C(=O)N3CCOC(C)(C)C3)cc12)c1ccc(C(F)(F)F)cc1. The lowest BCUT2D eigenvalue weighted by atomic mass is 9.89. The van der Waals surface area contributed by atoms with Crippen LogP contribution in [0.4, 0.5) is 13.2 Å². The predicted molar refractivity (Wildman–Crippen MR) is 137 cm³/mol. The lowest BCUT2D eigenvalue weighted by molar-refractivity contribution is -0.137. The fraction of sp³-hybridized carbons (Fsp3) is 0.464. The molecular weight excluding hydrogens is 497 g/mol. The highest BCUT2D eigenvalue weighted by atomic mass is 19.4. The summed E-state index contributed by atoms with van der Waals surface area (Å²) >= 11 is 0. The molecule has 1 fully saturated rings. The van der Waals surface area contributed by atoms with Gasteiger partial charge < -0.3 is 15.0 Å². The molecule has 3 heterocycles. The summed E-state index contributed by atoms with van der Waals surface area (Å²) in [6, 6.07) is 10.1. The molecule has 7 nitrogen and oxygen atoms in total. The van der Waals surface area contributed by atoms with Crippen LogP contribution in [0.5, 0.6) is 0 Å². The van der Waals surface area contributed by atoms with E-state index in [9.17, 15) is 22.8 Å². The molecule has 1 atom stereocenters. The number of benzene rings is 1. The van der Waals surface area contributed by atoms with Gasteiger partial charge in [-0.1, -0.05) is 26.0 Å². The van der Waals surface area contributed by atoms with Gasteiger partial charge in [0.2, 0.25) is 0 Å². The van der Waals surface area contributed by atoms with Gasteiger partial charge >= 0.3 is 6.18 Å². The minimum Gasteiger partial charge on any atom is -0.372 e. The molecule has 2 aromatic heterocycles. The van der Waals surface area contributed by atoms with E-state index in [0.29, 0.717) is 37.2 Å². The summed E-state index contributed by atoms with van der Waals surface area (Å²) in [5, 5.41) is 7.34. The first-order valence-corrected chi connectivity index (χ1v) is 12.7. The Kier molecular flexibility index (Phi) is 7.83. The molecule has 0 bridgehead atoms. The molecule has 1 N–H and O–H groups in total. The Hall–Kier alpha value is -3.40. The van der Waals surface area contributed by atoms with Crippen molar-refractivity contribution in [3.63, 3.8) is 0 Å². The van der Waals surface area contributed by atoms with Gasteiger partial charge in [-0.3, -0.25) is 9.59 Å². The summed E-state index contributed by atoms with van der Waals surface area (Å²) < 4.78 is 46.2. The Labute approximate surface area is 220 Å². The van der Waals surface area contributed by atoms with Crippen LogP contribution < -0.4 is 5.32 Å². The minimum atomic E-state index is -4.40. The number of amides is 2. The minimum absolute atomic E-state index is 0.160. The van der Waals surface area contributed by atoms with Crippen molar-refractivity contribution in [1.82, 2.24) is 19.8 Å². The highest BCUT2D eigenvalue weighted by Crippen LogP contribution is 2.31. The zero-order valence-electron chi connectivity index (χ0n) is 22.0. The van der Waals surface area contributed by atoms with Crippen LogP contribution in [-0.2, 0) is 10.9 Å². The number of nitrogens with zero attached hydrogens (tertiary/aromatic N) is 3. The first kappa shape index (κ1) is 27.6. The van der Waals surface area contributed by atoms with Crippen molar-refractivity contribution in [3.05, 3.63) is 71.0 Å². The second-order valence-corrected chi connectivity index (χ2v) is 10.8. The van der Waals surface area contributed by atoms with Crippen molar-refractivity contribution < 1.29 is 27.5 Å². The van der Waals surface area contributed by atoms with Crippen LogP contribution in [-0.4, -0.2) is 58.2 Å². The Morgan fingerprint density at radius 1 is 1.16 bits per heavy atom. The van der Waals surface area contributed by atoms with E-state index in [4.69, 9.17) is 4.74 Å². The number of carbonyl (C=O) groups is 2. The van der Waals surface area contributed by atoms with Crippen LogP contribution in [0, 0.1) is 5.92 Å². The third-order valence-corrected chi connectivity index (χ3v) is 6.65. The average Bonchev–Trinajstić information content (AvgIpc) is 3.29. The maximum Gasteiger partial charge on any atom is 0.416 e. The number of carbonyl (C=O) groups excluding carboxylic acids is 2. The molecule has 1 aromatic carbocycles. The molecule has 1 saturated heterocycles. The van der Waals surface area contributed by atoms with Gasteiger partial charge in [0, 0.05) is 31.7 Å². The van der Waals surface area contributed by atoms with E-state index in [2.05, 4.69) is 10.4 Å². The van der Waals surface area contributed by atoms with Gasteiger partial charge in [0.25, 0.3) is 11.8 Å². The number of pyridine rings is 1. The number of morpholine rings is 1. The molecule has 0 aliphatic carbocycles. The summed E-state index contributed by atoms with van der Waals surface area (Å²) in [6.07, 6.45) is -2.03. The van der Waals surface area contributed by atoms with Crippen molar-refractivity contribution in [2.75, 3.05) is 26.2 Å². The van der Waals surface area contributed by atoms with E-state index in [0.717, 1.165) is 17.7 Å². The number of hydrogen-bond donors (Lipinski definition) is 1. The molecule has 0 spiro atoms. The van der Waals surface area contributed by atoms with Crippen molar-refractivity contribution in [2.45, 2.75) is 51.8 Å². The van der Waals surface area contributed by atoms with Crippen LogP contribution in [0.15, 0.2) is 48.7 Å². The highest BCUT2D eigenvalue weighted by Gasteiger charge is 2.32. The third kappa shape index (κ3) is 6.35. The fourth-order valence-corrected chi connectivity index (χ4v) is 4.83. The number of halogens is 3. The number of aromatic nitrogens is 2. The Morgan fingerprint density at radius 2 is 1.87 bits per heavy atom. The van der Waals surface area contributed by atoms with Gasteiger partial charge in [0.1, 0.15) is 0 Å². The van der Waals surface area contributed by atoms with Gasteiger partial charge in [0.15, 0.2) is 5.69 Å². The van der Waals surface area contributed by atoms with Gasteiger partial charge in [-0.25, -0.2) is 4.52 Å². The third-order valence-electron chi connectivity index (χ3n) is 6.65. The van der Waals surface area contributed by atoms with E-state index in [1.54, 1.807) is 29.3 Å². The van der Waals surface area contributed by atoms with Gasteiger partial charge in [-0.15, -0.1) is 0 Å². The van der Waals surface area contributed by atoms with E-state index in [-0.39, 0.29) is 35.9 Å². The number of nitrogens with one attached hydrogen (secondary N) is 1. The first-order chi connectivity index (χ1) is 17.8. The average molecular weight is 531 g/mol. The normalized spacial score (nSPS) is 16.6. The van der Waals surface area contributed by atoms with E-state index in [1.807, 2.05) is 27.7 Å². The van der Waals surface area contributed by atoms with Crippen LogP contribution in [0.25, 0.3) is 5.52 Å². The van der Waals surface area contributed by atoms with Crippen molar-refractivity contribution in [1.29, 1.82) is 0 Å². The molecule has 38 heavy (non-hydrogen) atoms. The lowest BCUT2D eigenvalue weighted by Crippen LogP contribution is -2.50. The Bertz CT molecular complexity index is 1300. The number of fused-ring (bicyclic) bond motifs is 1. The van der Waals surface area contributed by atoms with E-state index >= 15 is 0 Å². The van der Waals surface area contributed by atoms with Crippen molar-refractivity contribution in [2.24, 2.45) is 5.92 Å². The lowest BCUT2D eigenvalue weighted by Gasteiger charge is -2.37. The number of rotatable bonds is 7. The van der Waals surface area contributed by atoms with Crippen LogP contribution in [0.2, 0.25) is 0 Å². The monoisotopic (exact) mass is 530 g/mol. The molecule has 4 rings (SSSR count). The highest BCUT2D eigenvalue weighted by molar-refractivity contribution is 6.02. The Morgan fingerprint density at radius 3 is 2.50 bits per heavy atom. The predicted octanol–water partition coefficient (Wildman–Crippen LogP) is 5.16. The molecule has 3 aromatic rings. The first-order valence-electron chi connectivity index (χ1n) is 12.7. The number of alkyl halides is 3. The van der Waals surface area contributed by atoms with Crippen LogP contribution >= 0.6 is 0 Å². The summed E-state index contributed by atoms with van der Waals surface area (Å²) in [7, 11) is 0. The molecule has 10 heteroatoms. The van der Waals surface area contributed by atoms with Crippen LogP contribution in [0.1, 0.15) is 72.0 Å². The standard InChI is InChI=1S/C28H33F3N4O3/c1-18(2)14-20(19-7-9-21(10-8-19)28(29,30)31)16-32-25(36)22-6-5-11-35-24(22)15-23(33-35)26(37)34-12-13-38-27(3,4)17-34/h5-11,15,18,20H,12-14,16-17H2,1-4H3,(H,32,36). The summed E-state index contributed by atoms with van der Waals surface area (Å²) in [6.45, 7) is 9.51. The maximum absolute atomic E-state index is 13.2. The Balaban J connectivity index is 1.51. The van der Waals surface area contributed by atoms with Crippen molar-refractivity contribution in [3.8, 4) is 0 Å². The van der Waals surface area contributed by atoms with Gasteiger partial charge in [-0.2, -0.15) is 18.3 Å². The smallest absolute Gasteiger partial charge is 0.372 e. The quantitative estimate of drug-likeness (QED) is 0.458. The number of hydrogen-bond acceptors (Lipinski definition) is 4. The molecule has 1 unspecified atom stereocenters. The molecular formula is C28H33F3N4O3. The topological polar surface area (TPSA) is 75.9 Å². The second kappa shape index (κ2) is 10.8. The fourth-order valence-electron chi connectivity index (χ4n) is 4.83. The molecule has 1 aliphatic heterocycles. The maximum atomic E-state index is 13.2. The zero-order chi connectivity index (χ0) is 27.7. The molecule has 0 saturated carbocycles. The number of ether oxygens (including phenoxy) is 1. The molecule has 0 radical (unpaired) electrons. The van der Waals surface area contributed by atoms with E-state index in [1.165, 1.54) is 16.6 Å². The molecule has 1 aliphatic rings. The van der Waals surface area contributed by atoms with Crippen LogP contribution in [0.3, 0.4) is 0 Å². The second-order valence-electron chi connectivity index (χ2n) is 10.8. The van der Waals surface area contributed by atoms with E-state index < -0.39 is 17.3 Å². The molecule has 204 valence electrons. The zero-order valence-corrected chi connectivity index (χ0v) is 22.0. The van der Waals surface area contributed by atoms with Crippen molar-refractivity contribution >= 4 is 17.3 Å². The molecule has 2 amide bonds. The van der Waals surface area contributed by atoms with Gasteiger partial charge in [-0.05, 0) is 62.1 Å². The largest absolute Gasteiger partial charge is 0.416 e. The van der Waals surface area contributed by atoms with Gasteiger partial charge in [0.05, 0.1) is 28.9 Å². The summed E-state index contributed by atoms with van der Waals surface area (Å²) in [4.78, 5) is 28.0. The summed E-state index contributed by atoms with van der Waals surface area (Å²) in [5.41, 5.74) is 0.679. The summed E-state index contributed by atoms with van der Waals surface area (Å²) in [5.74, 6) is -0.456.